The highest BCUT2D eigenvalue weighted by Crippen LogP contribution is 2.28. The summed E-state index contributed by atoms with van der Waals surface area (Å²) in [5.41, 5.74) is 11.7. The summed E-state index contributed by atoms with van der Waals surface area (Å²) in [5.74, 6) is 2.73. The molecule has 2 aromatic heterocycles. The minimum absolute atomic E-state index is 0.198. The number of hydrogen-bond acceptors (Lipinski definition) is 11. The molecule has 6 aromatic rings. The highest BCUT2D eigenvalue weighted by Gasteiger charge is 2.11. The Hall–Kier alpha value is -5.75. The molecule has 0 amide bonds. The molecule has 4 aromatic carbocycles. The van der Waals surface area contributed by atoms with Crippen molar-refractivity contribution in [2.24, 2.45) is 0 Å². The van der Waals surface area contributed by atoms with Gasteiger partial charge >= 0.3 is 0 Å². The van der Waals surface area contributed by atoms with Crippen LogP contribution >= 0.6 is 15.9 Å². The molecular weight excluding hydrogens is 634 g/mol. The number of rotatable bonds is 10. The number of ether oxygens (including phenoxy) is 2. The lowest BCUT2D eigenvalue weighted by Gasteiger charge is -2.12. The van der Waals surface area contributed by atoms with Gasteiger partial charge in [-0.25, -0.2) is 9.97 Å². The van der Waals surface area contributed by atoms with E-state index in [-0.39, 0.29) is 5.95 Å². The zero-order valence-electron chi connectivity index (χ0n) is 24.3. The van der Waals surface area contributed by atoms with Crippen molar-refractivity contribution in [3.05, 3.63) is 108 Å². The number of nitrogens with one attached hydrogen (secondary N) is 3. The Kier molecular flexibility index (Phi) is 8.65. The molecule has 12 heteroatoms. The van der Waals surface area contributed by atoms with Crippen molar-refractivity contribution in [1.82, 2.24) is 24.9 Å². The van der Waals surface area contributed by atoms with E-state index in [9.17, 15) is 0 Å². The molecule has 2 heterocycles. The number of benzene rings is 4. The summed E-state index contributed by atoms with van der Waals surface area (Å²) in [4.78, 5) is 22.7. The fraction of sp³-hybridized carbons (Fsp3) is 0.0606. The summed E-state index contributed by atoms with van der Waals surface area (Å²) in [6.07, 6.45) is 0. The Bertz CT molecular complexity index is 1850. The second kappa shape index (κ2) is 13.3. The zero-order valence-corrected chi connectivity index (χ0v) is 25.9. The highest BCUT2D eigenvalue weighted by atomic mass is 79.9. The lowest BCUT2D eigenvalue weighted by molar-refractivity contribution is 0.415. The predicted molar refractivity (Wildman–Crippen MR) is 181 cm³/mol. The molecule has 0 atom stereocenters. The Morgan fingerprint density at radius 2 is 0.978 bits per heavy atom. The van der Waals surface area contributed by atoms with Gasteiger partial charge in [0.2, 0.25) is 23.8 Å². The maximum atomic E-state index is 6.08. The van der Waals surface area contributed by atoms with E-state index in [1.165, 1.54) is 0 Å². The topological polar surface area (TPSA) is 145 Å². The maximum absolute atomic E-state index is 6.08. The van der Waals surface area contributed by atoms with Gasteiger partial charge in [0, 0.05) is 32.7 Å². The van der Waals surface area contributed by atoms with Crippen LogP contribution in [0.4, 0.5) is 40.9 Å². The Morgan fingerprint density at radius 1 is 0.533 bits per heavy atom. The van der Waals surface area contributed by atoms with Crippen molar-refractivity contribution in [2.45, 2.75) is 0 Å². The molecule has 0 bridgehead atoms. The molecule has 0 aliphatic carbocycles. The molecule has 5 N–H and O–H groups in total. The molecule has 0 unspecified atom stereocenters. The molecule has 11 nitrogen and oxygen atoms in total. The zero-order chi connectivity index (χ0) is 31.2. The molecule has 6 rings (SSSR count). The third-order valence-corrected chi connectivity index (χ3v) is 7.12. The summed E-state index contributed by atoms with van der Waals surface area (Å²) < 4.78 is 11.5. The van der Waals surface area contributed by atoms with E-state index in [0.29, 0.717) is 23.5 Å². The third-order valence-electron chi connectivity index (χ3n) is 6.63. The first-order valence-corrected chi connectivity index (χ1v) is 14.6. The predicted octanol–water partition coefficient (Wildman–Crippen LogP) is 7.59. The van der Waals surface area contributed by atoms with Crippen LogP contribution in [0.3, 0.4) is 0 Å². The van der Waals surface area contributed by atoms with Crippen LogP contribution in [0.2, 0.25) is 0 Å². The van der Waals surface area contributed by atoms with Gasteiger partial charge in [-0.3, -0.25) is 0 Å². The van der Waals surface area contributed by atoms with Gasteiger partial charge in [0.15, 0.2) is 0 Å². The second-order valence-electron chi connectivity index (χ2n) is 9.72. The first kappa shape index (κ1) is 29.3. The van der Waals surface area contributed by atoms with Gasteiger partial charge in [-0.2, -0.15) is 15.0 Å². The monoisotopic (exact) mass is 661 g/mol. The molecular formula is C33H28BrN9O2. The van der Waals surface area contributed by atoms with Gasteiger partial charge in [0.05, 0.1) is 25.6 Å². The van der Waals surface area contributed by atoms with E-state index in [4.69, 9.17) is 15.2 Å². The average molecular weight is 663 g/mol. The third kappa shape index (κ3) is 7.43. The van der Waals surface area contributed by atoms with E-state index >= 15 is 0 Å². The summed E-state index contributed by atoms with van der Waals surface area (Å²) in [6, 6.07) is 32.5. The van der Waals surface area contributed by atoms with Crippen molar-refractivity contribution in [1.29, 1.82) is 0 Å². The summed E-state index contributed by atoms with van der Waals surface area (Å²) in [5, 5.41) is 9.76. The average Bonchev–Trinajstić information content (AvgIpc) is 3.05. The molecule has 0 saturated carbocycles. The fourth-order valence-corrected chi connectivity index (χ4v) is 4.81. The number of hydrogen-bond donors (Lipinski definition) is 4. The van der Waals surface area contributed by atoms with E-state index in [0.717, 1.165) is 49.9 Å². The van der Waals surface area contributed by atoms with Crippen molar-refractivity contribution < 1.29 is 9.47 Å². The summed E-state index contributed by atoms with van der Waals surface area (Å²) in [7, 11) is 3.25. The van der Waals surface area contributed by atoms with Crippen LogP contribution in [0.25, 0.3) is 22.5 Å². The smallest absolute Gasteiger partial charge is 0.233 e. The van der Waals surface area contributed by atoms with Gasteiger partial charge in [-0.1, -0.05) is 40.2 Å². The second-order valence-corrected chi connectivity index (χ2v) is 10.6. The van der Waals surface area contributed by atoms with Crippen molar-refractivity contribution >= 4 is 56.8 Å². The lowest BCUT2D eigenvalue weighted by atomic mass is 10.1. The molecule has 0 saturated heterocycles. The van der Waals surface area contributed by atoms with Crippen molar-refractivity contribution in [2.75, 3.05) is 35.9 Å². The van der Waals surface area contributed by atoms with Gasteiger partial charge in [0.1, 0.15) is 11.5 Å². The molecule has 0 aliphatic heterocycles. The van der Waals surface area contributed by atoms with E-state index < -0.39 is 0 Å². The molecule has 0 aliphatic rings. The summed E-state index contributed by atoms with van der Waals surface area (Å²) >= 11 is 3.52. The largest absolute Gasteiger partial charge is 0.497 e. The van der Waals surface area contributed by atoms with Gasteiger partial charge < -0.3 is 31.2 Å². The van der Waals surface area contributed by atoms with Crippen LogP contribution < -0.4 is 31.2 Å². The number of anilines is 7. The Labute approximate surface area is 268 Å². The molecule has 224 valence electrons. The Morgan fingerprint density at radius 3 is 1.42 bits per heavy atom. The number of nitrogen functional groups attached to an aromatic ring is 1. The SMILES string of the molecule is COc1ccc(Nc2nc(Nc3ccc(OC)cc3)nc(Nc3ccc(-c4cc(-c5cccc(Br)c5)nc(N)n4)cc3)n2)cc1. The Balaban J connectivity index is 1.26. The molecule has 45 heavy (non-hydrogen) atoms. The highest BCUT2D eigenvalue weighted by molar-refractivity contribution is 9.10. The van der Waals surface area contributed by atoms with Crippen LogP contribution in [0.5, 0.6) is 11.5 Å². The quantitative estimate of drug-likeness (QED) is 0.115. The van der Waals surface area contributed by atoms with Crippen LogP contribution in [0.15, 0.2) is 108 Å². The maximum Gasteiger partial charge on any atom is 0.233 e. The fourth-order valence-electron chi connectivity index (χ4n) is 4.41. The van der Waals surface area contributed by atoms with Crippen molar-refractivity contribution in [3.63, 3.8) is 0 Å². The van der Waals surface area contributed by atoms with Gasteiger partial charge in [0.25, 0.3) is 0 Å². The molecule has 0 fully saturated rings. The number of methoxy groups -OCH3 is 2. The minimum Gasteiger partial charge on any atom is -0.497 e. The van der Waals surface area contributed by atoms with E-state index in [2.05, 4.69) is 56.8 Å². The van der Waals surface area contributed by atoms with Crippen LogP contribution in [-0.2, 0) is 0 Å². The van der Waals surface area contributed by atoms with Crippen LogP contribution in [0, 0.1) is 0 Å². The molecule has 0 radical (unpaired) electrons. The van der Waals surface area contributed by atoms with Crippen molar-refractivity contribution in [3.8, 4) is 34.0 Å². The normalized spacial score (nSPS) is 10.6. The number of nitrogens with zero attached hydrogens (tertiary/aromatic N) is 5. The minimum atomic E-state index is 0.198. The van der Waals surface area contributed by atoms with E-state index in [1.54, 1.807) is 14.2 Å². The van der Waals surface area contributed by atoms with E-state index in [1.807, 2.05) is 103 Å². The first-order valence-electron chi connectivity index (χ1n) is 13.8. The van der Waals surface area contributed by atoms with Gasteiger partial charge in [-0.05, 0) is 78.9 Å². The molecule has 0 spiro atoms. The van der Waals surface area contributed by atoms with Crippen LogP contribution in [0.1, 0.15) is 0 Å². The number of aromatic nitrogens is 5. The lowest BCUT2D eigenvalue weighted by Crippen LogP contribution is -2.07. The first-order chi connectivity index (χ1) is 21.9. The summed E-state index contributed by atoms with van der Waals surface area (Å²) in [6.45, 7) is 0. The standard InChI is InChI=1S/C33H28BrN9O2/c1-44-26-14-10-24(11-15-26)37-32-41-31(42-33(43-32)38-25-12-16-27(45-2)17-13-25)36-23-8-6-20(7-9-23)28-19-29(40-30(35)39-28)21-4-3-5-22(34)18-21/h3-19H,1-2H3,(H2,35,39,40)(H3,36,37,38,41,42,43). The number of halogens is 1. The van der Waals surface area contributed by atoms with Gasteiger partial charge in [-0.15, -0.1) is 0 Å². The number of nitrogens with two attached hydrogens (primary N) is 1. The van der Waals surface area contributed by atoms with Crippen LogP contribution in [-0.4, -0.2) is 39.1 Å².